The van der Waals surface area contributed by atoms with Crippen LogP contribution in [0, 0.1) is 0 Å². The number of anilines is 1. The zero-order valence-corrected chi connectivity index (χ0v) is 16.6. The zero-order valence-electron chi connectivity index (χ0n) is 16.6. The molecule has 0 spiro atoms. The lowest BCUT2D eigenvalue weighted by atomic mass is 9.89. The van der Waals surface area contributed by atoms with Gasteiger partial charge in [-0.3, -0.25) is 19.4 Å². The number of hydrogen-bond acceptors (Lipinski definition) is 3. The molecule has 1 aliphatic heterocycles. The van der Waals surface area contributed by atoms with E-state index in [0.29, 0.717) is 5.69 Å². The fraction of sp³-hybridized carbons (Fsp3) is 0.348. The van der Waals surface area contributed by atoms with Crippen LogP contribution >= 0.6 is 0 Å². The van der Waals surface area contributed by atoms with Gasteiger partial charge >= 0.3 is 6.03 Å². The third-order valence-electron chi connectivity index (χ3n) is 5.68. The highest BCUT2D eigenvalue weighted by Gasteiger charge is 2.38. The first kappa shape index (κ1) is 19.2. The van der Waals surface area contributed by atoms with E-state index in [1.165, 1.54) is 28.9 Å². The highest BCUT2D eigenvalue weighted by atomic mass is 16.2. The second-order valence-electron chi connectivity index (χ2n) is 7.71. The predicted molar refractivity (Wildman–Crippen MR) is 111 cm³/mol. The Bertz CT molecular complexity index is 942. The quantitative estimate of drug-likeness (QED) is 0.796. The van der Waals surface area contributed by atoms with Crippen LogP contribution in [0.5, 0.6) is 0 Å². The summed E-state index contributed by atoms with van der Waals surface area (Å²) in [6, 6.07) is 14.7. The van der Waals surface area contributed by atoms with E-state index < -0.39 is 6.03 Å². The van der Waals surface area contributed by atoms with Gasteiger partial charge in [0.1, 0.15) is 13.1 Å². The normalized spacial score (nSPS) is 17.3. The summed E-state index contributed by atoms with van der Waals surface area (Å²) in [6.07, 6.45) is 4.63. The van der Waals surface area contributed by atoms with Gasteiger partial charge in [-0.05, 0) is 61.4 Å². The molecule has 150 valence electrons. The lowest BCUT2D eigenvalue weighted by Crippen LogP contribution is -2.42. The Morgan fingerprint density at radius 1 is 1.03 bits per heavy atom. The first-order chi connectivity index (χ1) is 14.0. The summed E-state index contributed by atoms with van der Waals surface area (Å²) in [6.45, 7) is 1.61. The molecule has 2 aromatic rings. The van der Waals surface area contributed by atoms with Gasteiger partial charge in [0.25, 0.3) is 5.91 Å². The minimum atomic E-state index is -0.460. The fourth-order valence-electron chi connectivity index (χ4n) is 4.04. The lowest BCUT2D eigenvalue weighted by molar-refractivity contribution is -0.130. The van der Waals surface area contributed by atoms with Crippen molar-refractivity contribution in [3.63, 3.8) is 0 Å². The molecule has 1 aliphatic carbocycles. The number of carbonyl (C=O) groups excluding carboxylic acids is 3. The molecule has 6 heteroatoms. The molecule has 0 aromatic heterocycles. The Morgan fingerprint density at radius 3 is 2.52 bits per heavy atom. The molecule has 1 unspecified atom stereocenters. The molecule has 0 saturated carbocycles. The molecule has 1 heterocycles. The van der Waals surface area contributed by atoms with Crippen LogP contribution < -0.4 is 10.2 Å². The van der Waals surface area contributed by atoms with Crippen LogP contribution in [0.25, 0.3) is 0 Å². The van der Waals surface area contributed by atoms with E-state index in [4.69, 9.17) is 0 Å². The smallest absolute Gasteiger partial charge is 0.332 e. The van der Waals surface area contributed by atoms with E-state index in [-0.39, 0.29) is 30.9 Å². The Balaban J connectivity index is 1.39. The molecule has 6 nitrogen and oxygen atoms in total. The van der Waals surface area contributed by atoms with Crippen LogP contribution in [0.15, 0.2) is 48.5 Å². The minimum absolute atomic E-state index is 0.0451. The van der Waals surface area contributed by atoms with E-state index in [9.17, 15) is 14.4 Å². The van der Waals surface area contributed by atoms with Crippen LogP contribution in [0.1, 0.15) is 42.5 Å². The van der Waals surface area contributed by atoms with Crippen LogP contribution in [0.3, 0.4) is 0 Å². The number of urea groups is 1. The highest BCUT2D eigenvalue weighted by molar-refractivity contribution is 6.13. The largest absolute Gasteiger partial charge is 0.348 e. The molecule has 1 N–H and O–H groups in total. The number of para-hydroxylation sites is 1. The van der Waals surface area contributed by atoms with E-state index in [2.05, 4.69) is 23.5 Å². The third-order valence-corrected chi connectivity index (χ3v) is 5.68. The second kappa shape index (κ2) is 8.07. The van der Waals surface area contributed by atoms with Crippen molar-refractivity contribution in [1.82, 2.24) is 10.2 Å². The van der Waals surface area contributed by atoms with Crippen molar-refractivity contribution in [2.24, 2.45) is 0 Å². The Labute approximate surface area is 170 Å². The molecule has 2 aromatic carbocycles. The monoisotopic (exact) mass is 391 g/mol. The number of rotatable bonds is 5. The Kier molecular flexibility index (Phi) is 5.34. The van der Waals surface area contributed by atoms with Crippen molar-refractivity contribution < 1.29 is 14.4 Å². The zero-order chi connectivity index (χ0) is 20.4. The van der Waals surface area contributed by atoms with Gasteiger partial charge in [-0.25, -0.2) is 4.79 Å². The summed E-state index contributed by atoms with van der Waals surface area (Å²) in [5, 5.41) is 2.92. The highest BCUT2D eigenvalue weighted by Crippen LogP contribution is 2.25. The van der Waals surface area contributed by atoms with Crippen LogP contribution in [-0.4, -0.2) is 35.8 Å². The molecular weight excluding hydrogens is 366 g/mol. The number of carbonyl (C=O) groups is 3. The second-order valence-corrected chi connectivity index (χ2v) is 7.71. The molecule has 0 bridgehead atoms. The summed E-state index contributed by atoms with van der Waals surface area (Å²) < 4.78 is 0. The topological polar surface area (TPSA) is 69.7 Å². The van der Waals surface area contributed by atoms with Crippen molar-refractivity contribution in [3.05, 3.63) is 65.2 Å². The van der Waals surface area contributed by atoms with Gasteiger partial charge in [0.15, 0.2) is 0 Å². The lowest BCUT2D eigenvalue weighted by Gasteiger charge is -2.21. The third kappa shape index (κ3) is 4.01. The first-order valence-electron chi connectivity index (χ1n) is 10.1. The molecule has 4 amide bonds. The SMILES string of the molecule is CC(NC(=O)CN1C(=O)CN(c2ccccc2)C1=O)c1ccc2c(c1)CCCC2. The van der Waals surface area contributed by atoms with Crippen molar-refractivity contribution in [2.75, 3.05) is 18.0 Å². The molecule has 4 rings (SSSR count). The van der Waals surface area contributed by atoms with E-state index >= 15 is 0 Å². The summed E-state index contributed by atoms with van der Waals surface area (Å²) >= 11 is 0. The van der Waals surface area contributed by atoms with E-state index in [1.54, 1.807) is 12.1 Å². The van der Waals surface area contributed by atoms with Crippen LogP contribution in [0.4, 0.5) is 10.5 Å². The van der Waals surface area contributed by atoms with E-state index in [1.807, 2.05) is 25.1 Å². The van der Waals surface area contributed by atoms with Crippen LogP contribution in [-0.2, 0) is 22.4 Å². The Hall–Kier alpha value is -3.15. The van der Waals surface area contributed by atoms with Gasteiger partial charge in [-0.2, -0.15) is 0 Å². The van der Waals surface area contributed by atoms with E-state index in [0.717, 1.165) is 23.3 Å². The van der Waals surface area contributed by atoms with Gasteiger partial charge in [-0.15, -0.1) is 0 Å². The maximum atomic E-state index is 12.6. The summed E-state index contributed by atoms with van der Waals surface area (Å²) in [5.41, 5.74) is 4.45. The molecule has 1 atom stereocenters. The number of fused-ring (bicyclic) bond motifs is 1. The fourth-order valence-corrected chi connectivity index (χ4v) is 4.04. The van der Waals surface area contributed by atoms with Gasteiger partial charge < -0.3 is 5.32 Å². The van der Waals surface area contributed by atoms with Gasteiger partial charge in [-0.1, -0.05) is 36.4 Å². The number of hydrogen-bond donors (Lipinski definition) is 1. The maximum absolute atomic E-state index is 12.6. The number of nitrogens with zero attached hydrogens (tertiary/aromatic N) is 2. The predicted octanol–water partition coefficient (Wildman–Crippen LogP) is 3.21. The average Bonchev–Trinajstić information content (AvgIpc) is 3.02. The summed E-state index contributed by atoms with van der Waals surface area (Å²) in [5.74, 6) is -0.706. The average molecular weight is 391 g/mol. The molecule has 1 saturated heterocycles. The maximum Gasteiger partial charge on any atom is 0.332 e. The Morgan fingerprint density at radius 2 is 1.76 bits per heavy atom. The number of nitrogens with one attached hydrogen (secondary N) is 1. The number of aryl methyl sites for hydroxylation is 2. The summed E-state index contributed by atoms with van der Waals surface area (Å²) in [4.78, 5) is 39.9. The first-order valence-corrected chi connectivity index (χ1v) is 10.1. The van der Waals surface area contributed by atoms with Crippen molar-refractivity contribution in [3.8, 4) is 0 Å². The van der Waals surface area contributed by atoms with Crippen molar-refractivity contribution in [2.45, 2.75) is 38.6 Å². The minimum Gasteiger partial charge on any atom is -0.348 e. The standard InChI is InChI=1S/C23H25N3O3/c1-16(18-12-11-17-7-5-6-8-19(17)13-18)24-21(27)14-26-22(28)15-25(23(26)29)20-9-3-2-4-10-20/h2-4,9-13,16H,5-8,14-15H2,1H3,(H,24,27). The van der Waals surface area contributed by atoms with Gasteiger partial charge in [0.2, 0.25) is 5.91 Å². The number of benzene rings is 2. The molecular formula is C23H25N3O3. The number of imide groups is 1. The number of amides is 4. The van der Waals surface area contributed by atoms with Gasteiger partial charge in [0, 0.05) is 5.69 Å². The van der Waals surface area contributed by atoms with Crippen LogP contribution in [0.2, 0.25) is 0 Å². The molecule has 1 fully saturated rings. The van der Waals surface area contributed by atoms with Crippen molar-refractivity contribution in [1.29, 1.82) is 0 Å². The summed E-state index contributed by atoms with van der Waals surface area (Å²) in [7, 11) is 0. The molecule has 2 aliphatic rings. The van der Waals surface area contributed by atoms with Crippen molar-refractivity contribution >= 4 is 23.5 Å². The molecule has 29 heavy (non-hydrogen) atoms. The van der Waals surface area contributed by atoms with Gasteiger partial charge in [0.05, 0.1) is 6.04 Å². The molecule has 0 radical (unpaired) electrons.